The lowest BCUT2D eigenvalue weighted by molar-refractivity contribution is -0.143. The van der Waals surface area contributed by atoms with Gasteiger partial charge in [-0.15, -0.1) is 0 Å². The normalized spacial score (nSPS) is 27.7. The monoisotopic (exact) mass is 184 g/mol. The third-order valence-corrected chi connectivity index (χ3v) is 2.67. The Morgan fingerprint density at radius 3 is 2.69 bits per heavy atom. The Morgan fingerprint density at radius 2 is 2.15 bits per heavy atom. The maximum Gasteiger partial charge on any atom is 0.309 e. The van der Waals surface area contributed by atoms with Gasteiger partial charge in [-0.2, -0.15) is 0 Å². The van der Waals surface area contributed by atoms with Crippen molar-refractivity contribution in [3.8, 4) is 0 Å². The van der Waals surface area contributed by atoms with Gasteiger partial charge in [0.15, 0.2) is 0 Å². The molecule has 0 spiro atoms. The van der Waals surface area contributed by atoms with Gasteiger partial charge < -0.3 is 4.74 Å². The lowest BCUT2D eigenvalue weighted by Crippen LogP contribution is -2.07. The summed E-state index contributed by atoms with van der Waals surface area (Å²) in [5, 5.41) is 0. The lowest BCUT2D eigenvalue weighted by atomic mass is 9.98. The van der Waals surface area contributed by atoms with Crippen LogP contribution in [0.4, 0.5) is 0 Å². The number of hydrogen-bond donors (Lipinski definition) is 0. The SMILES string of the molecule is CCCCCCC1CC(C)OC1=O. The van der Waals surface area contributed by atoms with E-state index in [1.807, 2.05) is 6.92 Å². The predicted octanol–water partition coefficient (Wildman–Crippen LogP) is 2.91. The fourth-order valence-corrected chi connectivity index (χ4v) is 1.89. The number of carbonyl (C=O) groups is 1. The molecule has 1 aliphatic rings. The van der Waals surface area contributed by atoms with Crippen LogP contribution in [-0.4, -0.2) is 12.1 Å². The average Bonchev–Trinajstić information content (AvgIpc) is 2.39. The van der Waals surface area contributed by atoms with E-state index in [1.165, 1.54) is 25.7 Å². The standard InChI is InChI=1S/C11H20O2/c1-3-4-5-6-7-10-8-9(2)13-11(10)12/h9-10H,3-8H2,1-2H3. The molecular weight excluding hydrogens is 164 g/mol. The first-order valence-electron chi connectivity index (χ1n) is 5.44. The van der Waals surface area contributed by atoms with Crippen LogP contribution in [0.2, 0.25) is 0 Å². The average molecular weight is 184 g/mol. The number of cyclic esters (lactones) is 1. The van der Waals surface area contributed by atoms with Crippen LogP contribution >= 0.6 is 0 Å². The van der Waals surface area contributed by atoms with Crippen LogP contribution in [0.1, 0.15) is 52.4 Å². The topological polar surface area (TPSA) is 26.3 Å². The lowest BCUT2D eigenvalue weighted by Gasteiger charge is -2.03. The molecule has 1 heterocycles. The molecule has 2 unspecified atom stereocenters. The van der Waals surface area contributed by atoms with E-state index in [2.05, 4.69) is 6.92 Å². The number of carbonyl (C=O) groups excluding carboxylic acids is 1. The van der Waals surface area contributed by atoms with Crippen molar-refractivity contribution in [1.82, 2.24) is 0 Å². The second-order valence-corrected chi connectivity index (χ2v) is 4.03. The van der Waals surface area contributed by atoms with Crippen LogP contribution in [0.25, 0.3) is 0 Å². The Morgan fingerprint density at radius 1 is 1.38 bits per heavy atom. The van der Waals surface area contributed by atoms with E-state index in [1.54, 1.807) is 0 Å². The van der Waals surface area contributed by atoms with Crippen molar-refractivity contribution in [1.29, 1.82) is 0 Å². The minimum atomic E-state index is 0.0315. The summed E-state index contributed by atoms with van der Waals surface area (Å²) in [6.07, 6.45) is 7.11. The maximum atomic E-state index is 11.2. The molecule has 0 aliphatic carbocycles. The van der Waals surface area contributed by atoms with E-state index in [4.69, 9.17) is 4.74 Å². The second-order valence-electron chi connectivity index (χ2n) is 4.03. The first-order chi connectivity index (χ1) is 6.24. The van der Waals surface area contributed by atoms with Gasteiger partial charge in [-0.25, -0.2) is 0 Å². The summed E-state index contributed by atoms with van der Waals surface area (Å²) in [7, 11) is 0. The summed E-state index contributed by atoms with van der Waals surface area (Å²) < 4.78 is 5.09. The van der Waals surface area contributed by atoms with Gasteiger partial charge in [-0.1, -0.05) is 32.6 Å². The van der Waals surface area contributed by atoms with Gasteiger partial charge in [0.25, 0.3) is 0 Å². The van der Waals surface area contributed by atoms with Crippen LogP contribution in [0, 0.1) is 5.92 Å². The summed E-state index contributed by atoms with van der Waals surface area (Å²) in [6, 6.07) is 0. The molecule has 0 radical (unpaired) electrons. The highest BCUT2D eigenvalue weighted by molar-refractivity contribution is 5.74. The molecule has 0 amide bonds. The molecule has 0 saturated carbocycles. The molecule has 1 saturated heterocycles. The predicted molar refractivity (Wildman–Crippen MR) is 52.4 cm³/mol. The number of ether oxygens (including phenoxy) is 1. The van der Waals surface area contributed by atoms with Gasteiger partial charge >= 0.3 is 5.97 Å². The molecule has 2 atom stereocenters. The number of rotatable bonds is 5. The van der Waals surface area contributed by atoms with Crippen LogP contribution in [0.5, 0.6) is 0 Å². The molecule has 1 fully saturated rings. The number of unbranched alkanes of at least 4 members (excludes halogenated alkanes) is 3. The molecule has 1 rings (SSSR count). The molecular formula is C11H20O2. The summed E-state index contributed by atoms with van der Waals surface area (Å²) in [5.74, 6) is 0.232. The highest BCUT2D eigenvalue weighted by atomic mass is 16.5. The Labute approximate surface area is 80.7 Å². The van der Waals surface area contributed by atoms with Crippen molar-refractivity contribution in [3.05, 3.63) is 0 Å². The van der Waals surface area contributed by atoms with E-state index >= 15 is 0 Å². The Balaban J connectivity index is 2.11. The smallest absolute Gasteiger partial charge is 0.309 e. The maximum absolute atomic E-state index is 11.2. The van der Waals surface area contributed by atoms with Crippen molar-refractivity contribution < 1.29 is 9.53 Å². The molecule has 13 heavy (non-hydrogen) atoms. The summed E-state index contributed by atoms with van der Waals surface area (Å²) in [4.78, 5) is 11.2. The zero-order chi connectivity index (χ0) is 9.68. The van der Waals surface area contributed by atoms with E-state index < -0.39 is 0 Å². The van der Waals surface area contributed by atoms with Gasteiger partial charge in [-0.05, 0) is 19.8 Å². The minimum Gasteiger partial charge on any atom is -0.462 e. The zero-order valence-corrected chi connectivity index (χ0v) is 8.71. The fraction of sp³-hybridized carbons (Fsp3) is 0.909. The van der Waals surface area contributed by atoms with Gasteiger partial charge in [0, 0.05) is 0 Å². The summed E-state index contributed by atoms with van der Waals surface area (Å²) >= 11 is 0. The molecule has 0 aromatic rings. The van der Waals surface area contributed by atoms with Crippen LogP contribution in [-0.2, 0) is 9.53 Å². The van der Waals surface area contributed by atoms with Crippen LogP contribution in [0.15, 0.2) is 0 Å². The van der Waals surface area contributed by atoms with Gasteiger partial charge in [-0.3, -0.25) is 4.79 Å². The van der Waals surface area contributed by atoms with Crippen LogP contribution in [0.3, 0.4) is 0 Å². The van der Waals surface area contributed by atoms with Crippen molar-refractivity contribution in [3.63, 3.8) is 0 Å². The highest BCUT2D eigenvalue weighted by Crippen LogP contribution is 2.25. The van der Waals surface area contributed by atoms with Gasteiger partial charge in [0.2, 0.25) is 0 Å². The number of esters is 1. The third-order valence-electron chi connectivity index (χ3n) is 2.67. The summed E-state index contributed by atoms with van der Waals surface area (Å²) in [5.41, 5.74) is 0. The molecule has 2 nitrogen and oxygen atoms in total. The largest absolute Gasteiger partial charge is 0.462 e. The molecule has 0 bridgehead atoms. The quantitative estimate of drug-likeness (QED) is 0.485. The second kappa shape index (κ2) is 5.25. The van der Waals surface area contributed by atoms with Gasteiger partial charge in [0.1, 0.15) is 0 Å². The van der Waals surface area contributed by atoms with Gasteiger partial charge in [0.05, 0.1) is 12.0 Å². The zero-order valence-electron chi connectivity index (χ0n) is 8.71. The van der Waals surface area contributed by atoms with Crippen molar-refractivity contribution in [2.45, 2.75) is 58.5 Å². The molecule has 0 aromatic heterocycles. The molecule has 76 valence electrons. The number of hydrogen-bond acceptors (Lipinski definition) is 2. The first kappa shape index (κ1) is 10.6. The Bertz CT molecular complexity index is 165. The molecule has 0 aromatic carbocycles. The highest BCUT2D eigenvalue weighted by Gasteiger charge is 2.30. The Hall–Kier alpha value is -0.530. The van der Waals surface area contributed by atoms with E-state index in [-0.39, 0.29) is 18.0 Å². The van der Waals surface area contributed by atoms with Crippen molar-refractivity contribution in [2.75, 3.05) is 0 Å². The van der Waals surface area contributed by atoms with Crippen molar-refractivity contribution >= 4 is 5.97 Å². The first-order valence-corrected chi connectivity index (χ1v) is 5.44. The molecule has 0 N–H and O–H groups in total. The molecule has 1 aliphatic heterocycles. The third kappa shape index (κ3) is 3.37. The summed E-state index contributed by atoms with van der Waals surface area (Å²) in [6.45, 7) is 4.18. The Kier molecular flexibility index (Phi) is 4.26. The minimum absolute atomic E-state index is 0.0315. The van der Waals surface area contributed by atoms with E-state index in [9.17, 15) is 4.79 Å². The molecule has 2 heteroatoms. The van der Waals surface area contributed by atoms with Crippen molar-refractivity contribution in [2.24, 2.45) is 5.92 Å². The van der Waals surface area contributed by atoms with E-state index in [0.29, 0.717) is 0 Å². The fourth-order valence-electron chi connectivity index (χ4n) is 1.89. The van der Waals surface area contributed by atoms with E-state index in [0.717, 1.165) is 12.8 Å². The van der Waals surface area contributed by atoms with Crippen LogP contribution < -0.4 is 0 Å².